The Kier molecular flexibility index (Phi) is 6.29. The number of rotatable bonds is 6. The molecule has 1 aromatic carbocycles. The normalized spacial score (nSPS) is 10.4. The van der Waals surface area contributed by atoms with E-state index in [1.807, 2.05) is 0 Å². The number of alkyl halides is 1. The highest BCUT2D eigenvalue weighted by molar-refractivity contribution is 9.09. The molecule has 18 heavy (non-hydrogen) atoms. The maximum Gasteiger partial charge on any atom is 0.254 e. The zero-order chi connectivity index (χ0) is 13.5. The minimum atomic E-state index is -0.385. The molecule has 100 valence electrons. The number of hydrogen-bond acceptors (Lipinski definition) is 2. The lowest BCUT2D eigenvalue weighted by Crippen LogP contribution is -2.35. The van der Waals surface area contributed by atoms with E-state index >= 15 is 0 Å². The van der Waals surface area contributed by atoms with Crippen LogP contribution in [0.1, 0.15) is 15.9 Å². The van der Waals surface area contributed by atoms with E-state index in [2.05, 4.69) is 15.9 Å². The molecule has 0 bridgehead atoms. The predicted molar refractivity (Wildman–Crippen MR) is 72.7 cm³/mol. The molecule has 0 aromatic heterocycles. The van der Waals surface area contributed by atoms with Gasteiger partial charge in [0.15, 0.2) is 0 Å². The Morgan fingerprint density at radius 3 is 2.67 bits per heavy atom. The number of carbonyl (C=O) groups excluding carboxylic acids is 1. The van der Waals surface area contributed by atoms with Crippen molar-refractivity contribution >= 4 is 21.8 Å². The Hall–Kier alpha value is -0.940. The largest absolute Gasteiger partial charge is 0.383 e. The molecule has 0 aliphatic rings. The molecule has 1 aromatic rings. The first-order chi connectivity index (χ1) is 8.58. The number of ether oxygens (including phenoxy) is 1. The second-order valence-corrected chi connectivity index (χ2v) is 4.78. The molecule has 0 heterocycles. The summed E-state index contributed by atoms with van der Waals surface area (Å²) in [6, 6.07) is 4.36. The van der Waals surface area contributed by atoms with Crippen LogP contribution >= 0.6 is 15.9 Å². The van der Waals surface area contributed by atoms with Gasteiger partial charge in [-0.15, -0.1) is 0 Å². The minimum absolute atomic E-state index is 0.172. The topological polar surface area (TPSA) is 29.5 Å². The average Bonchev–Trinajstić information content (AvgIpc) is 2.32. The van der Waals surface area contributed by atoms with Gasteiger partial charge in [-0.1, -0.05) is 15.9 Å². The summed E-state index contributed by atoms with van der Waals surface area (Å²) in [7, 11) is 1.59. The molecule has 0 spiro atoms. The van der Waals surface area contributed by atoms with E-state index in [0.29, 0.717) is 30.6 Å². The molecule has 0 saturated heterocycles. The fourth-order valence-corrected chi connectivity index (χ4v) is 2.09. The molecule has 0 saturated carbocycles. The average molecular weight is 318 g/mol. The van der Waals surface area contributed by atoms with Crippen LogP contribution in [0.5, 0.6) is 0 Å². The summed E-state index contributed by atoms with van der Waals surface area (Å²) >= 11 is 3.30. The number of amides is 1. The SMILES string of the molecule is COCCN(CCBr)C(=O)c1cc(C)cc(F)c1. The highest BCUT2D eigenvalue weighted by Crippen LogP contribution is 2.11. The third-order valence-electron chi connectivity index (χ3n) is 2.50. The van der Waals surface area contributed by atoms with Crippen LogP contribution in [0.15, 0.2) is 18.2 Å². The Labute approximate surface area is 115 Å². The van der Waals surface area contributed by atoms with Gasteiger partial charge < -0.3 is 9.64 Å². The van der Waals surface area contributed by atoms with Gasteiger partial charge in [0.1, 0.15) is 5.82 Å². The Balaban J connectivity index is 2.86. The van der Waals surface area contributed by atoms with Crippen LogP contribution in [-0.4, -0.2) is 42.9 Å². The van der Waals surface area contributed by atoms with E-state index in [9.17, 15) is 9.18 Å². The molecule has 0 radical (unpaired) electrons. The molecule has 1 rings (SSSR count). The molecule has 0 aliphatic heterocycles. The van der Waals surface area contributed by atoms with Gasteiger partial charge in [-0.05, 0) is 30.7 Å². The number of halogens is 2. The fourth-order valence-electron chi connectivity index (χ4n) is 1.66. The monoisotopic (exact) mass is 317 g/mol. The van der Waals surface area contributed by atoms with Crippen LogP contribution in [0.25, 0.3) is 0 Å². The van der Waals surface area contributed by atoms with Crippen molar-refractivity contribution in [3.63, 3.8) is 0 Å². The summed E-state index contributed by atoms with van der Waals surface area (Å²) in [5.74, 6) is -0.557. The molecule has 0 fully saturated rings. The zero-order valence-corrected chi connectivity index (χ0v) is 12.2. The molecule has 1 amide bonds. The number of hydrogen-bond donors (Lipinski definition) is 0. The van der Waals surface area contributed by atoms with Gasteiger partial charge in [0.05, 0.1) is 6.61 Å². The summed E-state index contributed by atoms with van der Waals surface area (Å²) < 4.78 is 18.3. The summed E-state index contributed by atoms with van der Waals surface area (Å²) in [5, 5.41) is 0.677. The van der Waals surface area contributed by atoms with Crippen molar-refractivity contribution in [3.8, 4) is 0 Å². The summed E-state index contributed by atoms with van der Waals surface area (Å²) in [5.41, 5.74) is 1.12. The van der Waals surface area contributed by atoms with E-state index < -0.39 is 0 Å². The third kappa shape index (κ3) is 4.38. The van der Waals surface area contributed by atoms with E-state index in [0.717, 1.165) is 5.56 Å². The molecule has 0 N–H and O–H groups in total. The lowest BCUT2D eigenvalue weighted by atomic mass is 10.1. The van der Waals surface area contributed by atoms with Crippen molar-refractivity contribution in [1.82, 2.24) is 4.90 Å². The second-order valence-electron chi connectivity index (χ2n) is 3.99. The maximum atomic E-state index is 13.3. The zero-order valence-electron chi connectivity index (χ0n) is 10.6. The highest BCUT2D eigenvalue weighted by Gasteiger charge is 2.15. The van der Waals surface area contributed by atoms with Crippen LogP contribution in [0.2, 0.25) is 0 Å². The van der Waals surface area contributed by atoms with E-state index in [4.69, 9.17) is 4.74 Å². The van der Waals surface area contributed by atoms with Crippen molar-refractivity contribution in [3.05, 3.63) is 35.1 Å². The lowest BCUT2D eigenvalue weighted by molar-refractivity contribution is 0.0708. The summed E-state index contributed by atoms with van der Waals surface area (Å²) in [6.07, 6.45) is 0. The van der Waals surface area contributed by atoms with Crippen molar-refractivity contribution in [2.45, 2.75) is 6.92 Å². The van der Waals surface area contributed by atoms with Crippen molar-refractivity contribution in [2.24, 2.45) is 0 Å². The number of benzene rings is 1. The Bertz CT molecular complexity index is 392. The van der Waals surface area contributed by atoms with Crippen LogP contribution < -0.4 is 0 Å². The standard InChI is InChI=1S/C13H17BrFNO2/c1-10-7-11(9-12(15)8-10)13(17)16(4-3-14)5-6-18-2/h7-9H,3-6H2,1-2H3. The first kappa shape index (κ1) is 15.1. The van der Waals surface area contributed by atoms with Crippen molar-refractivity contribution < 1.29 is 13.9 Å². The predicted octanol–water partition coefficient (Wildman–Crippen LogP) is 2.62. The smallest absolute Gasteiger partial charge is 0.254 e. The van der Waals surface area contributed by atoms with Gasteiger partial charge in [0, 0.05) is 31.1 Å². The number of carbonyl (C=O) groups is 1. The van der Waals surface area contributed by atoms with E-state index in [1.54, 1.807) is 25.0 Å². The van der Waals surface area contributed by atoms with Crippen molar-refractivity contribution in [2.75, 3.05) is 32.1 Å². The maximum absolute atomic E-state index is 13.3. The first-order valence-electron chi connectivity index (χ1n) is 5.70. The van der Waals surface area contributed by atoms with Crippen LogP contribution in [0, 0.1) is 12.7 Å². The van der Waals surface area contributed by atoms with Gasteiger partial charge in [0.25, 0.3) is 5.91 Å². The molecule has 5 heteroatoms. The van der Waals surface area contributed by atoms with Crippen molar-refractivity contribution in [1.29, 1.82) is 0 Å². The highest BCUT2D eigenvalue weighted by atomic mass is 79.9. The molecule has 0 atom stereocenters. The van der Waals surface area contributed by atoms with Crippen LogP contribution in [-0.2, 0) is 4.74 Å². The quantitative estimate of drug-likeness (QED) is 0.755. The summed E-state index contributed by atoms with van der Waals surface area (Å²) in [4.78, 5) is 13.9. The second kappa shape index (κ2) is 7.48. The van der Waals surface area contributed by atoms with Crippen LogP contribution in [0.3, 0.4) is 0 Å². The number of aryl methyl sites for hydroxylation is 1. The fraction of sp³-hybridized carbons (Fsp3) is 0.462. The van der Waals surface area contributed by atoms with Crippen LogP contribution in [0.4, 0.5) is 4.39 Å². The first-order valence-corrected chi connectivity index (χ1v) is 6.82. The Morgan fingerprint density at radius 2 is 2.11 bits per heavy atom. The molecule has 0 unspecified atom stereocenters. The van der Waals surface area contributed by atoms with Gasteiger partial charge in [0.2, 0.25) is 0 Å². The molecule has 3 nitrogen and oxygen atoms in total. The van der Waals surface area contributed by atoms with Gasteiger partial charge in [-0.2, -0.15) is 0 Å². The molecule has 0 aliphatic carbocycles. The number of nitrogens with zero attached hydrogens (tertiary/aromatic N) is 1. The van der Waals surface area contributed by atoms with Gasteiger partial charge >= 0.3 is 0 Å². The Morgan fingerprint density at radius 1 is 1.39 bits per heavy atom. The van der Waals surface area contributed by atoms with E-state index in [-0.39, 0.29) is 11.7 Å². The van der Waals surface area contributed by atoms with E-state index in [1.165, 1.54) is 12.1 Å². The number of methoxy groups -OCH3 is 1. The summed E-state index contributed by atoms with van der Waals surface area (Å²) in [6.45, 7) is 3.30. The minimum Gasteiger partial charge on any atom is -0.383 e. The van der Waals surface area contributed by atoms with Gasteiger partial charge in [-0.25, -0.2) is 4.39 Å². The van der Waals surface area contributed by atoms with Gasteiger partial charge in [-0.3, -0.25) is 4.79 Å². The third-order valence-corrected chi connectivity index (χ3v) is 2.85. The molecular formula is C13H17BrFNO2. The lowest BCUT2D eigenvalue weighted by Gasteiger charge is -2.21. The molecular weight excluding hydrogens is 301 g/mol.